The second kappa shape index (κ2) is 11.1. The summed E-state index contributed by atoms with van der Waals surface area (Å²) >= 11 is 0. The van der Waals surface area contributed by atoms with Gasteiger partial charge in [0.25, 0.3) is 5.91 Å². The molecule has 1 fully saturated rings. The molecular weight excluding hydrogens is 497 g/mol. The molecule has 0 atom stereocenters. The van der Waals surface area contributed by atoms with Crippen molar-refractivity contribution in [2.24, 2.45) is 0 Å². The highest BCUT2D eigenvalue weighted by Crippen LogP contribution is 2.38. The van der Waals surface area contributed by atoms with Crippen LogP contribution in [0, 0.1) is 5.82 Å². The van der Waals surface area contributed by atoms with Gasteiger partial charge in [-0.1, -0.05) is 36.4 Å². The van der Waals surface area contributed by atoms with Crippen LogP contribution in [-0.2, 0) is 16.6 Å². The number of halogens is 1. The first-order valence-electron chi connectivity index (χ1n) is 11.8. The topological polar surface area (TPSA) is 79.4 Å². The number of carbonyl (C=O) groups is 1. The molecule has 0 spiro atoms. The molecule has 10 heteroatoms. The molecule has 0 aromatic heterocycles. The van der Waals surface area contributed by atoms with Crippen molar-refractivity contribution < 1.29 is 27.1 Å². The minimum absolute atomic E-state index is 0.0962. The number of benzene rings is 3. The number of ether oxygens (including phenoxy) is 2. The van der Waals surface area contributed by atoms with E-state index in [4.69, 9.17) is 9.47 Å². The largest absolute Gasteiger partial charge is 0.493 e. The van der Waals surface area contributed by atoms with Crippen LogP contribution in [0.5, 0.6) is 11.5 Å². The third-order valence-electron chi connectivity index (χ3n) is 6.36. The number of methoxy groups -OCH3 is 2. The molecule has 0 radical (unpaired) electrons. The van der Waals surface area contributed by atoms with E-state index in [2.05, 4.69) is 4.90 Å². The van der Waals surface area contributed by atoms with Crippen molar-refractivity contribution in [3.63, 3.8) is 0 Å². The summed E-state index contributed by atoms with van der Waals surface area (Å²) in [7, 11) is -1.05. The van der Waals surface area contributed by atoms with E-state index in [9.17, 15) is 17.6 Å². The third kappa shape index (κ3) is 5.80. The fourth-order valence-electron chi connectivity index (χ4n) is 4.39. The number of sulfonamides is 1. The van der Waals surface area contributed by atoms with Crippen LogP contribution in [-0.4, -0.2) is 65.9 Å². The van der Waals surface area contributed by atoms with E-state index in [1.807, 2.05) is 30.3 Å². The van der Waals surface area contributed by atoms with Crippen molar-refractivity contribution in [3.8, 4) is 11.5 Å². The maximum atomic E-state index is 14.5. The van der Waals surface area contributed by atoms with Crippen molar-refractivity contribution in [2.45, 2.75) is 6.54 Å². The minimum atomic E-state index is -3.92. The van der Waals surface area contributed by atoms with Crippen LogP contribution in [0.25, 0.3) is 0 Å². The first-order valence-corrected chi connectivity index (χ1v) is 13.6. The van der Waals surface area contributed by atoms with E-state index >= 15 is 0 Å². The summed E-state index contributed by atoms with van der Waals surface area (Å²) in [6.45, 7) is 1.87. The molecule has 1 heterocycles. The molecule has 1 saturated heterocycles. The summed E-state index contributed by atoms with van der Waals surface area (Å²) in [5, 5.41) is 0. The first kappa shape index (κ1) is 26.3. The summed E-state index contributed by atoms with van der Waals surface area (Å²) in [5.74, 6) is -0.339. The molecule has 1 aliphatic heterocycles. The average molecular weight is 528 g/mol. The zero-order chi connectivity index (χ0) is 26.6. The predicted molar refractivity (Wildman–Crippen MR) is 142 cm³/mol. The number of amides is 1. The number of nitrogens with zero attached hydrogens (tertiary/aromatic N) is 3. The number of rotatable bonds is 8. The standard InChI is InChI=1S/C27H30FN3O5S/c1-35-25-17-22(27(32)30-15-13-29(14-16-30)21-10-5-4-6-11-21)24(18-26(25)36-2)31(37(3,33)34)19-20-9-7-8-12-23(20)28/h4-12,17-18H,13-16,19H2,1-3H3. The molecular formula is C27H30FN3O5S. The summed E-state index contributed by atoms with van der Waals surface area (Å²) in [4.78, 5) is 17.7. The van der Waals surface area contributed by atoms with E-state index in [-0.39, 0.29) is 40.8 Å². The van der Waals surface area contributed by atoms with Gasteiger partial charge < -0.3 is 19.3 Å². The molecule has 0 aliphatic carbocycles. The molecule has 1 aliphatic rings. The second-order valence-electron chi connectivity index (χ2n) is 8.70. The van der Waals surface area contributed by atoms with Gasteiger partial charge in [-0.3, -0.25) is 9.10 Å². The smallest absolute Gasteiger partial charge is 0.256 e. The highest BCUT2D eigenvalue weighted by Gasteiger charge is 2.30. The van der Waals surface area contributed by atoms with Crippen molar-refractivity contribution >= 4 is 27.3 Å². The lowest BCUT2D eigenvalue weighted by Gasteiger charge is -2.37. The van der Waals surface area contributed by atoms with E-state index in [1.165, 1.54) is 44.6 Å². The summed E-state index contributed by atoms with van der Waals surface area (Å²) in [6, 6.07) is 18.8. The zero-order valence-corrected chi connectivity index (χ0v) is 21.9. The lowest BCUT2D eigenvalue weighted by atomic mass is 10.1. The fraction of sp³-hybridized carbons (Fsp3) is 0.296. The maximum Gasteiger partial charge on any atom is 0.256 e. The van der Waals surface area contributed by atoms with Gasteiger partial charge >= 0.3 is 0 Å². The number of anilines is 2. The summed E-state index contributed by atoms with van der Waals surface area (Å²) in [6.07, 6.45) is 1.03. The number of hydrogen-bond donors (Lipinski definition) is 0. The Morgan fingerprint density at radius 1 is 0.919 bits per heavy atom. The van der Waals surface area contributed by atoms with Gasteiger partial charge in [-0.2, -0.15) is 0 Å². The van der Waals surface area contributed by atoms with E-state index in [1.54, 1.807) is 11.0 Å². The molecule has 0 unspecified atom stereocenters. The summed E-state index contributed by atoms with van der Waals surface area (Å²) < 4.78 is 52.3. The normalized spacial score (nSPS) is 13.8. The Kier molecular flexibility index (Phi) is 7.87. The molecule has 8 nitrogen and oxygen atoms in total. The van der Waals surface area contributed by atoms with Gasteiger partial charge in [-0.15, -0.1) is 0 Å². The Labute approximate surface area is 216 Å². The van der Waals surface area contributed by atoms with Crippen molar-refractivity contribution in [1.29, 1.82) is 0 Å². The van der Waals surface area contributed by atoms with Crippen LogP contribution in [0.15, 0.2) is 66.7 Å². The molecule has 1 amide bonds. The Balaban J connectivity index is 1.71. The van der Waals surface area contributed by atoms with E-state index < -0.39 is 15.8 Å². The predicted octanol–water partition coefficient (Wildman–Crippen LogP) is 3.77. The average Bonchev–Trinajstić information content (AvgIpc) is 2.91. The third-order valence-corrected chi connectivity index (χ3v) is 7.49. The SMILES string of the molecule is COc1cc(C(=O)N2CCN(c3ccccc3)CC2)c(N(Cc2ccccc2F)S(C)(=O)=O)cc1OC. The minimum Gasteiger partial charge on any atom is -0.493 e. The van der Waals surface area contributed by atoms with Gasteiger partial charge in [-0.25, -0.2) is 12.8 Å². The van der Waals surface area contributed by atoms with Gasteiger partial charge in [0.1, 0.15) is 5.82 Å². The van der Waals surface area contributed by atoms with Gasteiger partial charge in [0, 0.05) is 43.5 Å². The van der Waals surface area contributed by atoms with E-state index in [0.29, 0.717) is 26.2 Å². The van der Waals surface area contributed by atoms with Gasteiger partial charge in [0.05, 0.1) is 38.3 Å². The summed E-state index contributed by atoms with van der Waals surface area (Å²) in [5.41, 5.74) is 1.48. The second-order valence-corrected chi connectivity index (χ2v) is 10.6. The van der Waals surface area contributed by atoms with E-state index in [0.717, 1.165) is 16.2 Å². The zero-order valence-electron chi connectivity index (χ0n) is 21.1. The molecule has 0 saturated carbocycles. The Hall–Kier alpha value is -3.79. The van der Waals surface area contributed by atoms with Crippen LogP contribution in [0.4, 0.5) is 15.8 Å². The molecule has 3 aromatic carbocycles. The highest BCUT2D eigenvalue weighted by molar-refractivity contribution is 7.92. The number of piperazine rings is 1. The fourth-order valence-corrected chi connectivity index (χ4v) is 5.27. The number of hydrogen-bond acceptors (Lipinski definition) is 6. The van der Waals surface area contributed by atoms with Gasteiger partial charge in [0.2, 0.25) is 10.0 Å². The van der Waals surface area contributed by atoms with Crippen molar-refractivity contribution in [2.75, 3.05) is 55.9 Å². The van der Waals surface area contributed by atoms with Crippen LogP contribution in [0.3, 0.4) is 0 Å². The van der Waals surface area contributed by atoms with Gasteiger partial charge in [0.15, 0.2) is 11.5 Å². The number of para-hydroxylation sites is 1. The molecule has 3 aromatic rings. The van der Waals surface area contributed by atoms with Crippen LogP contribution in [0.2, 0.25) is 0 Å². The first-order chi connectivity index (χ1) is 17.7. The Morgan fingerprint density at radius 2 is 1.51 bits per heavy atom. The van der Waals surface area contributed by atoms with Crippen molar-refractivity contribution in [3.05, 3.63) is 83.7 Å². The molecule has 0 bridgehead atoms. The number of carbonyl (C=O) groups excluding carboxylic acids is 1. The van der Waals surface area contributed by atoms with Crippen molar-refractivity contribution in [1.82, 2.24) is 4.90 Å². The monoisotopic (exact) mass is 527 g/mol. The lowest BCUT2D eigenvalue weighted by Crippen LogP contribution is -2.49. The van der Waals surface area contributed by atoms with Crippen LogP contribution >= 0.6 is 0 Å². The Morgan fingerprint density at radius 3 is 2.11 bits per heavy atom. The lowest BCUT2D eigenvalue weighted by molar-refractivity contribution is 0.0747. The quantitative estimate of drug-likeness (QED) is 0.444. The highest BCUT2D eigenvalue weighted by atomic mass is 32.2. The molecule has 4 rings (SSSR count). The molecule has 37 heavy (non-hydrogen) atoms. The molecule has 0 N–H and O–H groups in total. The van der Waals surface area contributed by atoms with Crippen LogP contribution in [0.1, 0.15) is 15.9 Å². The Bertz CT molecular complexity index is 1360. The molecule has 196 valence electrons. The van der Waals surface area contributed by atoms with Crippen LogP contribution < -0.4 is 18.7 Å². The van der Waals surface area contributed by atoms with Gasteiger partial charge in [-0.05, 0) is 24.3 Å². The maximum absolute atomic E-state index is 14.5.